The zero-order chi connectivity index (χ0) is 22.5. The molecule has 0 saturated heterocycles. The Morgan fingerprint density at radius 3 is 1.30 bits per heavy atom. The third kappa shape index (κ3) is 4.79. The smallest absolute Gasteiger partial charge is 0.0622 e. The van der Waals surface area contributed by atoms with Crippen molar-refractivity contribution >= 4 is 15.9 Å². The van der Waals surface area contributed by atoms with E-state index in [4.69, 9.17) is 0 Å². The Balaban J connectivity index is 1.69. The van der Waals surface area contributed by atoms with Crippen LogP contribution in [0.15, 0.2) is 144 Å². The predicted octanol–water partition coefficient (Wildman–Crippen LogP) is 8.65. The van der Waals surface area contributed by atoms with Crippen molar-refractivity contribution in [2.75, 3.05) is 0 Å². The van der Waals surface area contributed by atoms with Gasteiger partial charge in [-0.1, -0.05) is 72.8 Å². The third-order valence-corrected chi connectivity index (χ3v) is 6.39. The molecular formula is C32H24Br+. The van der Waals surface area contributed by atoms with Gasteiger partial charge in [-0.2, -0.15) is 0 Å². The summed E-state index contributed by atoms with van der Waals surface area (Å²) < 4.78 is 1.08. The lowest BCUT2D eigenvalue weighted by atomic mass is 9.80. The molecule has 33 heavy (non-hydrogen) atoms. The Hall–Kier alpha value is -3.55. The van der Waals surface area contributed by atoms with Gasteiger partial charge < -0.3 is 0 Å². The Morgan fingerprint density at radius 1 is 0.424 bits per heavy atom. The summed E-state index contributed by atoms with van der Waals surface area (Å²) in [6, 6.07) is 49.7. The fraction of sp³-hybridized carbons (Fsp3) is 0.0312. The molecule has 5 aromatic carbocycles. The summed E-state index contributed by atoms with van der Waals surface area (Å²) in [5, 5.41) is 0. The molecule has 5 aromatic rings. The van der Waals surface area contributed by atoms with Crippen molar-refractivity contribution in [2.45, 2.75) is 5.92 Å². The van der Waals surface area contributed by atoms with Crippen molar-refractivity contribution in [3.63, 3.8) is 0 Å². The van der Waals surface area contributed by atoms with Gasteiger partial charge in [0.25, 0.3) is 0 Å². The predicted molar refractivity (Wildman–Crippen MR) is 141 cm³/mol. The molecule has 0 amide bonds. The number of rotatable bonds is 6. The van der Waals surface area contributed by atoms with E-state index in [1.54, 1.807) is 0 Å². The molecule has 0 nitrogen and oxygen atoms in total. The first-order valence-corrected chi connectivity index (χ1v) is 12.0. The molecule has 0 aliphatic heterocycles. The van der Waals surface area contributed by atoms with Gasteiger partial charge in [0.2, 0.25) is 0 Å². The summed E-state index contributed by atoms with van der Waals surface area (Å²) in [7, 11) is 0. The topological polar surface area (TPSA) is 0 Å². The average Bonchev–Trinajstić information content (AvgIpc) is 2.87. The van der Waals surface area contributed by atoms with E-state index in [9.17, 15) is 0 Å². The molecule has 5 rings (SSSR count). The van der Waals surface area contributed by atoms with Crippen LogP contribution in [0.4, 0.5) is 0 Å². The minimum atomic E-state index is 0.149. The maximum Gasteiger partial charge on any atom is 0.0632 e. The van der Waals surface area contributed by atoms with Crippen molar-refractivity contribution < 1.29 is 0 Å². The molecule has 0 aromatic heterocycles. The van der Waals surface area contributed by atoms with Gasteiger partial charge in [0.15, 0.2) is 0 Å². The van der Waals surface area contributed by atoms with Crippen molar-refractivity contribution in [3.05, 3.63) is 183 Å². The van der Waals surface area contributed by atoms with Gasteiger partial charge in [-0.05, 0) is 93.3 Å². The van der Waals surface area contributed by atoms with E-state index >= 15 is 0 Å². The Bertz CT molecular complexity index is 1120. The normalized spacial score (nSPS) is 10.8. The highest BCUT2D eigenvalue weighted by Gasteiger charge is 2.26. The summed E-state index contributed by atoms with van der Waals surface area (Å²) in [6.45, 7) is 0. The van der Waals surface area contributed by atoms with Crippen LogP contribution in [0.1, 0.15) is 39.3 Å². The first-order chi connectivity index (χ1) is 16.3. The monoisotopic (exact) mass is 487 g/mol. The highest BCUT2D eigenvalue weighted by Crippen LogP contribution is 2.38. The molecule has 158 valence electrons. The number of halogens is 1. The van der Waals surface area contributed by atoms with Gasteiger partial charge in [0.1, 0.15) is 0 Å². The summed E-state index contributed by atoms with van der Waals surface area (Å²) in [5.74, 6) is 1.38. The van der Waals surface area contributed by atoms with E-state index in [0.29, 0.717) is 0 Å². The highest BCUT2D eigenvalue weighted by molar-refractivity contribution is 9.10. The van der Waals surface area contributed by atoms with Crippen LogP contribution < -0.4 is 0 Å². The van der Waals surface area contributed by atoms with Crippen LogP contribution in [0, 0.1) is 5.92 Å². The van der Waals surface area contributed by atoms with E-state index < -0.39 is 0 Å². The molecule has 0 bridgehead atoms. The Morgan fingerprint density at radius 2 is 0.848 bits per heavy atom. The Labute approximate surface area is 204 Å². The van der Waals surface area contributed by atoms with Crippen LogP contribution in [0.5, 0.6) is 0 Å². The lowest BCUT2D eigenvalue weighted by Crippen LogP contribution is -2.08. The highest BCUT2D eigenvalue weighted by atomic mass is 79.9. The van der Waals surface area contributed by atoms with Gasteiger partial charge >= 0.3 is 0 Å². The molecule has 0 radical (unpaired) electrons. The molecule has 0 atom stereocenters. The van der Waals surface area contributed by atoms with Crippen molar-refractivity contribution in [3.8, 4) is 0 Å². The molecular weight excluding hydrogens is 464 g/mol. The third-order valence-electron chi connectivity index (χ3n) is 5.93. The zero-order valence-corrected chi connectivity index (χ0v) is 19.8. The minimum Gasteiger partial charge on any atom is -0.0622 e. The van der Waals surface area contributed by atoms with Crippen molar-refractivity contribution in [1.82, 2.24) is 0 Å². The second-order valence-electron chi connectivity index (χ2n) is 8.13. The second kappa shape index (κ2) is 9.94. The van der Waals surface area contributed by atoms with Gasteiger partial charge in [-0.3, -0.25) is 0 Å². The average molecular weight is 488 g/mol. The molecule has 0 spiro atoms. The lowest BCUT2D eigenvalue weighted by Gasteiger charge is -2.21. The summed E-state index contributed by atoms with van der Waals surface area (Å²) in [5.41, 5.74) is 7.46. The molecule has 0 aliphatic rings. The summed E-state index contributed by atoms with van der Waals surface area (Å²) in [6.07, 6.45) is 0. The fourth-order valence-corrected chi connectivity index (χ4v) is 5.01. The Kier molecular flexibility index (Phi) is 6.41. The maximum absolute atomic E-state index is 3.83. The van der Waals surface area contributed by atoms with Crippen LogP contribution in [-0.4, -0.2) is 0 Å². The van der Waals surface area contributed by atoms with Gasteiger partial charge in [0.05, 0.1) is 22.6 Å². The zero-order valence-electron chi connectivity index (χ0n) is 18.2. The van der Waals surface area contributed by atoms with Crippen LogP contribution in [0.2, 0.25) is 0 Å². The van der Waals surface area contributed by atoms with E-state index in [0.717, 1.165) is 4.47 Å². The van der Waals surface area contributed by atoms with E-state index in [2.05, 4.69) is 155 Å². The van der Waals surface area contributed by atoms with Gasteiger partial charge in [-0.25, -0.2) is 0 Å². The first-order valence-electron chi connectivity index (χ1n) is 11.2. The molecule has 1 heteroatoms. The van der Waals surface area contributed by atoms with Gasteiger partial charge in [0, 0.05) is 16.5 Å². The van der Waals surface area contributed by atoms with E-state index in [1.807, 2.05) is 0 Å². The van der Waals surface area contributed by atoms with Crippen LogP contribution in [0.3, 0.4) is 0 Å². The fourth-order valence-electron chi connectivity index (χ4n) is 4.50. The summed E-state index contributed by atoms with van der Waals surface area (Å²) >= 11 is 3.83. The van der Waals surface area contributed by atoms with Crippen LogP contribution in [-0.2, 0) is 0 Å². The molecule has 0 saturated carbocycles. The molecule has 0 heterocycles. The largest absolute Gasteiger partial charge is 0.0632 e. The lowest BCUT2D eigenvalue weighted by molar-refractivity contribution is 0.971. The number of hydrogen-bond acceptors (Lipinski definition) is 0. The van der Waals surface area contributed by atoms with Crippen molar-refractivity contribution in [1.29, 1.82) is 0 Å². The summed E-state index contributed by atoms with van der Waals surface area (Å²) in [4.78, 5) is 0. The molecule has 0 fully saturated rings. The SMILES string of the molecule is Brc1cc([C+](c2ccccc2)c2ccccc2)cc(C(c2ccccc2)c2ccccc2)c1. The van der Waals surface area contributed by atoms with E-state index in [-0.39, 0.29) is 5.92 Å². The molecule has 0 aliphatic carbocycles. The standard InChI is InChI=1S/C32H24Br/c33-30-22-28(31(24-13-5-1-6-14-24)25-15-7-2-8-16-25)21-29(23-30)32(26-17-9-3-10-18-26)27-19-11-4-12-20-27/h1-23,31H/q+1. The second-order valence-corrected chi connectivity index (χ2v) is 9.05. The van der Waals surface area contributed by atoms with Crippen LogP contribution >= 0.6 is 15.9 Å². The maximum atomic E-state index is 3.83. The minimum absolute atomic E-state index is 0.149. The molecule has 0 N–H and O–H groups in total. The number of benzene rings is 5. The van der Waals surface area contributed by atoms with Crippen LogP contribution in [0.25, 0.3) is 0 Å². The van der Waals surface area contributed by atoms with E-state index in [1.165, 1.54) is 39.3 Å². The number of hydrogen-bond donors (Lipinski definition) is 0. The quantitative estimate of drug-likeness (QED) is 0.166. The molecule has 0 unspecified atom stereocenters. The van der Waals surface area contributed by atoms with Gasteiger partial charge in [-0.15, -0.1) is 0 Å². The first kappa shape index (κ1) is 21.3. The van der Waals surface area contributed by atoms with Crippen molar-refractivity contribution in [2.24, 2.45) is 0 Å².